The van der Waals surface area contributed by atoms with E-state index in [1.165, 1.54) is 12.8 Å². The highest BCUT2D eigenvalue weighted by Gasteiger charge is 2.38. The largest absolute Gasteiger partial charge is 0.378 e. The van der Waals surface area contributed by atoms with E-state index in [2.05, 4.69) is 15.2 Å². The van der Waals surface area contributed by atoms with Gasteiger partial charge in [0, 0.05) is 63.0 Å². The maximum Gasteiger partial charge on any atom is 0.224 e. The molecule has 4 rings (SSSR count). The third kappa shape index (κ3) is 6.01. The lowest BCUT2D eigenvalue weighted by molar-refractivity contribution is -0.136. The highest BCUT2D eigenvalue weighted by molar-refractivity contribution is 5.77. The van der Waals surface area contributed by atoms with Crippen LogP contribution in [0.2, 0.25) is 0 Å². The first-order valence-corrected chi connectivity index (χ1v) is 11.5. The maximum absolute atomic E-state index is 12.8. The van der Waals surface area contributed by atoms with Crippen LogP contribution < -0.4 is 5.32 Å². The number of rotatable bonds is 9. The van der Waals surface area contributed by atoms with Gasteiger partial charge in [0.05, 0.1) is 13.2 Å². The molecule has 3 heterocycles. The molecule has 1 aromatic heterocycles. The number of ether oxygens (including phenoxy) is 1. The molecule has 0 unspecified atom stereocenters. The molecule has 2 atom stereocenters. The second kappa shape index (κ2) is 10.4. The molecule has 3 aliphatic rings. The number of carbonyl (C=O) groups excluding carboxylic acids is 2. The second-order valence-corrected chi connectivity index (χ2v) is 8.85. The summed E-state index contributed by atoms with van der Waals surface area (Å²) < 4.78 is 5.37. The average Bonchev–Trinajstić information content (AvgIpc) is 3.53. The molecule has 2 saturated heterocycles. The third-order valence-electron chi connectivity index (χ3n) is 6.58. The van der Waals surface area contributed by atoms with E-state index in [9.17, 15) is 9.59 Å². The summed E-state index contributed by atoms with van der Waals surface area (Å²) in [4.78, 5) is 33.9. The maximum atomic E-state index is 12.8. The lowest BCUT2D eigenvalue weighted by Gasteiger charge is -2.33. The number of pyridine rings is 1. The second-order valence-electron chi connectivity index (χ2n) is 8.85. The molecule has 1 saturated carbocycles. The van der Waals surface area contributed by atoms with Gasteiger partial charge in [-0.05, 0) is 50.2 Å². The molecular formula is C23H34N4O3. The van der Waals surface area contributed by atoms with Crippen molar-refractivity contribution in [1.82, 2.24) is 20.1 Å². The van der Waals surface area contributed by atoms with Gasteiger partial charge >= 0.3 is 0 Å². The van der Waals surface area contributed by atoms with Gasteiger partial charge in [-0.3, -0.25) is 19.5 Å². The number of carbonyl (C=O) groups is 2. The minimum absolute atomic E-state index is 0.0832. The Hall–Kier alpha value is -1.99. The Morgan fingerprint density at radius 2 is 1.90 bits per heavy atom. The van der Waals surface area contributed by atoms with Gasteiger partial charge in [-0.1, -0.05) is 6.07 Å². The Labute approximate surface area is 179 Å². The van der Waals surface area contributed by atoms with Crippen molar-refractivity contribution in [2.24, 2.45) is 5.92 Å². The predicted molar refractivity (Wildman–Crippen MR) is 114 cm³/mol. The summed E-state index contributed by atoms with van der Waals surface area (Å²) >= 11 is 0. The summed E-state index contributed by atoms with van der Waals surface area (Å²) in [7, 11) is 0. The number of amides is 2. The van der Waals surface area contributed by atoms with Crippen molar-refractivity contribution in [2.75, 3.05) is 39.4 Å². The van der Waals surface area contributed by atoms with Gasteiger partial charge in [0.1, 0.15) is 0 Å². The summed E-state index contributed by atoms with van der Waals surface area (Å²) in [6.45, 7) is 4.46. The van der Waals surface area contributed by atoms with E-state index in [-0.39, 0.29) is 11.8 Å². The Kier molecular flexibility index (Phi) is 7.33. The number of morpholine rings is 1. The fourth-order valence-corrected chi connectivity index (χ4v) is 4.60. The molecule has 0 spiro atoms. The molecule has 0 aromatic carbocycles. The fourth-order valence-electron chi connectivity index (χ4n) is 4.60. The smallest absolute Gasteiger partial charge is 0.224 e. The number of aromatic nitrogens is 1. The highest BCUT2D eigenvalue weighted by Crippen LogP contribution is 2.35. The van der Waals surface area contributed by atoms with Crippen LogP contribution in [0.4, 0.5) is 0 Å². The molecule has 3 fully saturated rings. The van der Waals surface area contributed by atoms with Crippen LogP contribution in [0, 0.1) is 5.92 Å². The van der Waals surface area contributed by atoms with E-state index in [1.807, 2.05) is 23.1 Å². The molecule has 2 aliphatic heterocycles. The lowest BCUT2D eigenvalue weighted by Crippen LogP contribution is -2.47. The SMILES string of the molecule is O=C(CCc1ccccn1)NC[C@@H]1CC[C@H](CC(=O)N2CCOCC2)N1CC1CC1. The summed E-state index contributed by atoms with van der Waals surface area (Å²) in [5.41, 5.74) is 0.950. The average molecular weight is 415 g/mol. The molecule has 2 amide bonds. The Bertz CT molecular complexity index is 704. The van der Waals surface area contributed by atoms with E-state index in [0.717, 1.165) is 31.0 Å². The van der Waals surface area contributed by atoms with Gasteiger partial charge < -0.3 is 15.0 Å². The van der Waals surface area contributed by atoms with Gasteiger partial charge in [-0.2, -0.15) is 0 Å². The van der Waals surface area contributed by atoms with Crippen LogP contribution in [0.1, 0.15) is 44.2 Å². The van der Waals surface area contributed by atoms with Gasteiger partial charge in [0.2, 0.25) is 11.8 Å². The van der Waals surface area contributed by atoms with Gasteiger partial charge in [0.15, 0.2) is 0 Å². The van der Waals surface area contributed by atoms with Crippen molar-refractivity contribution in [3.8, 4) is 0 Å². The van der Waals surface area contributed by atoms with E-state index in [4.69, 9.17) is 4.74 Å². The molecule has 1 aromatic rings. The molecule has 7 heteroatoms. The Balaban J connectivity index is 1.25. The third-order valence-corrected chi connectivity index (χ3v) is 6.58. The number of hydrogen-bond donors (Lipinski definition) is 1. The predicted octanol–water partition coefficient (Wildman–Crippen LogP) is 1.62. The summed E-state index contributed by atoms with van der Waals surface area (Å²) in [6.07, 6.45) is 8.17. The van der Waals surface area contributed by atoms with Crippen molar-refractivity contribution in [1.29, 1.82) is 0 Å². The molecule has 1 aliphatic carbocycles. The Morgan fingerprint density at radius 1 is 1.10 bits per heavy atom. The van der Waals surface area contributed by atoms with E-state index < -0.39 is 0 Å². The van der Waals surface area contributed by atoms with Crippen molar-refractivity contribution in [3.05, 3.63) is 30.1 Å². The summed E-state index contributed by atoms with van der Waals surface area (Å²) in [5, 5.41) is 3.14. The molecule has 164 valence electrons. The number of nitrogens with zero attached hydrogens (tertiary/aromatic N) is 3. The van der Waals surface area contributed by atoms with Gasteiger partial charge in [-0.15, -0.1) is 0 Å². The first-order chi connectivity index (χ1) is 14.7. The number of nitrogens with one attached hydrogen (secondary N) is 1. The molecular weight excluding hydrogens is 380 g/mol. The van der Waals surface area contributed by atoms with Crippen LogP contribution in [-0.2, 0) is 20.7 Å². The number of aryl methyl sites for hydroxylation is 1. The normalized spacial score (nSPS) is 24.7. The first kappa shape index (κ1) is 21.2. The highest BCUT2D eigenvalue weighted by atomic mass is 16.5. The van der Waals surface area contributed by atoms with Crippen LogP contribution in [-0.4, -0.2) is 78.1 Å². The minimum atomic E-state index is 0.0832. The van der Waals surface area contributed by atoms with Gasteiger partial charge in [0.25, 0.3) is 0 Å². The zero-order valence-corrected chi connectivity index (χ0v) is 17.8. The lowest BCUT2D eigenvalue weighted by atomic mass is 10.1. The van der Waals surface area contributed by atoms with Crippen molar-refractivity contribution in [3.63, 3.8) is 0 Å². The topological polar surface area (TPSA) is 74.8 Å². The van der Waals surface area contributed by atoms with E-state index >= 15 is 0 Å². The molecule has 30 heavy (non-hydrogen) atoms. The van der Waals surface area contributed by atoms with E-state index in [0.29, 0.717) is 64.2 Å². The Morgan fingerprint density at radius 3 is 2.63 bits per heavy atom. The van der Waals surface area contributed by atoms with Crippen molar-refractivity contribution in [2.45, 2.75) is 57.0 Å². The molecule has 0 bridgehead atoms. The standard InChI is InChI=1S/C23H34N4O3/c28-22(9-6-19-3-1-2-10-24-19)25-16-21-8-7-20(27(21)17-18-4-5-18)15-23(29)26-11-13-30-14-12-26/h1-3,10,18,20-21H,4-9,11-17H2,(H,25,28)/t20-,21+/m1/s1. The summed E-state index contributed by atoms with van der Waals surface area (Å²) in [6, 6.07) is 6.44. The fraction of sp³-hybridized carbons (Fsp3) is 0.696. The van der Waals surface area contributed by atoms with Crippen molar-refractivity contribution >= 4 is 11.8 Å². The van der Waals surface area contributed by atoms with Crippen molar-refractivity contribution < 1.29 is 14.3 Å². The molecule has 7 nitrogen and oxygen atoms in total. The van der Waals surface area contributed by atoms with E-state index in [1.54, 1.807) is 6.20 Å². The van der Waals surface area contributed by atoms with Crippen LogP contribution in [0.3, 0.4) is 0 Å². The quantitative estimate of drug-likeness (QED) is 0.665. The number of likely N-dealkylation sites (tertiary alicyclic amines) is 1. The van der Waals surface area contributed by atoms with Crippen LogP contribution in [0.25, 0.3) is 0 Å². The zero-order chi connectivity index (χ0) is 20.8. The first-order valence-electron chi connectivity index (χ1n) is 11.5. The van der Waals surface area contributed by atoms with Crippen LogP contribution in [0.5, 0.6) is 0 Å². The minimum Gasteiger partial charge on any atom is -0.378 e. The molecule has 0 radical (unpaired) electrons. The summed E-state index contributed by atoms with van der Waals surface area (Å²) in [5.74, 6) is 1.11. The van der Waals surface area contributed by atoms with Crippen LogP contribution in [0.15, 0.2) is 24.4 Å². The number of hydrogen-bond acceptors (Lipinski definition) is 5. The molecule has 1 N–H and O–H groups in total. The monoisotopic (exact) mass is 414 g/mol. The zero-order valence-electron chi connectivity index (χ0n) is 17.8. The van der Waals surface area contributed by atoms with Gasteiger partial charge in [-0.25, -0.2) is 0 Å². The van der Waals surface area contributed by atoms with Crippen LogP contribution >= 0.6 is 0 Å².